The molecule has 0 aromatic heterocycles. The summed E-state index contributed by atoms with van der Waals surface area (Å²) in [6.07, 6.45) is 25.7. The fourth-order valence-corrected chi connectivity index (χ4v) is 5.08. The van der Waals surface area contributed by atoms with E-state index in [-0.39, 0.29) is 11.4 Å². The van der Waals surface area contributed by atoms with Crippen molar-refractivity contribution < 1.29 is 14.6 Å². The molecule has 0 heterocycles. The molecule has 1 saturated carbocycles. The average Bonchev–Trinajstić information content (AvgIpc) is 3.54. The van der Waals surface area contributed by atoms with Crippen molar-refractivity contribution in [1.82, 2.24) is 0 Å². The zero-order chi connectivity index (χ0) is 24.4. The lowest BCUT2D eigenvalue weighted by Gasteiger charge is -2.16. The second-order valence-corrected chi connectivity index (χ2v) is 12.0. The molecular weight excluding hydrogens is 408 g/mol. The van der Waals surface area contributed by atoms with Crippen molar-refractivity contribution in [3.63, 3.8) is 0 Å². The number of hydrogen-bond donors (Lipinski definition) is 1. The molecule has 0 radical (unpaired) electrons. The van der Waals surface area contributed by atoms with Gasteiger partial charge in [-0.25, -0.2) is 0 Å². The number of rotatable bonds is 22. The summed E-state index contributed by atoms with van der Waals surface area (Å²) in [4.78, 5) is 11.7. The Morgan fingerprint density at radius 1 is 0.788 bits per heavy atom. The van der Waals surface area contributed by atoms with E-state index in [9.17, 15) is 4.79 Å². The van der Waals surface area contributed by atoms with Crippen molar-refractivity contribution in [1.29, 1.82) is 0 Å². The first-order valence-corrected chi connectivity index (χ1v) is 14.6. The summed E-state index contributed by atoms with van der Waals surface area (Å²) in [6.45, 7) is 8.99. The van der Waals surface area contributed by atoms with E-state index in [1.807, 2.05) is 20.8 Å². The van der Waals surface area contributed by atoms with Gasteiger partial charge in [0.2, 0.25) is 0 Å². The van der Waals surface area contributed by atoms with E-state index in [2.05, 4.69) is 6.92 Å². The minimum absolute atomic E-state index is 0.0783. The minimum atomic E-state index is -0.374. The van der Waals surface area contributed by atoms with Crippen LogP contribution in [0.2, 0.25) is 0 Å². The van der Waals surface area contributed by atoms with E-state index < -0.39 is 0 Å². The molecule has 33 heavy (non-hydrogen) atoms. The summed E-state index contributed by atoms with van der Waals surface area (Å²) >= 11 is 0. The predicted molar refractivity (Wildman–Crippen MR) is 141 cm³/mol. The quantitative estimate of drug-likeness (QED) is 0.128. The summed E-state index contributed by atoms with van der Waals surface area (Å²) in [5.41, 5.74) is -0.374. The van der Waals surface area contributed by atoms with Crippen molar-refractivity contribution in [2.24, 2.45) is 23.2 Å². The summed E-state index contributed by atoms with van der Waals surface area (Å²) in [7, 11) is 0. The number of unbranched alkanes of at least 4 members (excludes halogenated alkanes) is 15. The van der Waals surface area contributed by atoms with E-state index in [0.717, 1.165) is 30.6 Å². The van der Waals surface area contributed by atoms with Crippen LogP contribution in [0.25, 0.3) is 0 Å². The molecule has 0 aromatic carbocycles. The lowest BCUT2D eigenvalue weighted by molar-refractivity contribution is -0.153. The van der Waals surface area contributed by atoms with Crippen LogP contribution in [0.3, 0.4) is 0 Å². The molecule has 1 rings (SSSR count). The second-order valence-electron chi connectivity index (χ2n) is 12.0. The first-order valence-electron chi connectivity index (χ1n) is 14.6. The van der Waals surface area contributed by atoms with Crippen LogP contribution < -0.4 is 0 Å². The van der Waals surface area contributed by atoms with Crippen LogP contribution in [0, 0.1) is 23.2 Å². The van der Waals surface area contributed by atoms with Crippen LogP contribution in [0.1, 0.15) is 150 Å². The minimum Gasteiger partial charge on any atom is -0.465 e. The van der Waals surface area contributed by atoms with Crippen molar-refractivity contribution in [2.75, 3.05) is 13.2 Å². The van der Waals surface area contributed by atoms with Gasteiger partial charge in [0, 0.05) is 6.61 Å². The fraction of sp³-hybridized carbons (Fsp3) is 0.967. The maximum atomic E-state index is 11.7. The average molecular weight is 467 g/mol. The maximum absolute atomic E-state index is 11.7. The van der Waals surface area contributed by atoms with E-state index in [4.69, 9.17) is 9.84 Å². The highest BCUT2D eigenvalue weighted by Crippen LogP contribution is 2.48. The standard InChI is InChI=1S/C30H58O3/c1-26(22-23-31)28-25-27(28)21-19-17-15-13-11-9-7-5-6-8-10-12-14-16-18-20-24-33-29(32)30(2,3)4/h26-28,31H,5-25H2,1-4H3/t26-,27-,28-/m1/s1. The molecule has 3 atom stereocenters. The Hall–Kier alpha value is -0.570. The third-order valence-electron chi connectivity index (χ3n) is 7.61. The van der Waals surface area contributed by atoms with E-state index in [0.29, 0.717) is 13.2 Å². The van der Waals surface area contributed by atoms with Gasteiger partial charge in [-0.05, 0) is 57.8 Å². The molecule has 196 valence electrons. The topological polar surface area (TPSA) is 46.5 Å². The Morgan fingerprint density at radius 2 is 1.21 bits per heavy atom. The van der Waals surface area contributed by atoms with Gasteiger partial charge in [-0.15, -0.1) is 0 Å². The smallest absolute Gasteiger partial charge is 0.311 e. The number of aliphatic hydroxyl groups is 1. The van der Waals surface area contributed by atoms with Gasteiger partial charge >= 0.3 is 5.97 Å². The van der Waals surface area contributed by atoms with E-state index in [1.54, 1.807) is 0 Å². The van der Waals surface area contributed by atoms with Crippen LogP contribution in [-0.4, -0.2) is 24.3 Å². The molecule has 0 aliphatic heterocycles. The highest BCUT2D eigenvalue weighted by molar-refractivity contribution is 5.75. The van der Waals surface area contributed by atoms with Crippen LogP contribution in [0.4, 0.5) is 0 Å². The lowest BCUT2D eigenvalue weighted by Crippen LogP contribution is -2.23. The van der Waals surface area contributed by atoms with Gasteiger partial charge in [-0.3, -0.25) is 4.79 Å². The normalized spacial score (nSPS) is 18.9. The molecule has 0 saturated heterocycles. The molecule has 1 aliphatic rings. The number of aliphatic hydroxyl groups excluding tert-OH is 1. The number of ether oxygens (including phenoxy) is 1. The number of carbonyl (C=O) groups excluding carboxylic acids is 1. The number of carbonyl (C=O) groups is 1. The van der Waals surface area contributed by atoms with Gasteiger partial charge in [0.25, 0.3) is 0 Å². The summed E-state index contributed by atoms with van der Waals surface area (Å²) in [6, 6.07) is 0. The van der Waals surface area contributed by atoms with Crippen LogP contribution in [-0.2, 0) is 9.53 Å². The van der Waals surface area contributed by atoms with E-state index in [1.165, 1.54) is 109 Å². The molecule has 0 unspecified atom stereocenters. The summed E-state index contributed by atoms with van der Waals surface area (Å²) in [5.74, 6) is 2.57. The Bertz CT molecular complexity index is 468. The van der Waals surface area contributed by atoms with Crippen LogP contribution in [0.15, 0.2) is 0 Å². The molecular formula is C30H58O3. The zero-order valence-corrected chi connectivity index (χ0v) is 22.8. The molecule has 0 bridgehead atoms. The Kier molecular flexibility index (Phi) is 17.3. The zero-order valence-electron chi connectivity index (χ0n) is 22.8. The molecule has 1 fully saturated rings. The van der Waals surface area contributed by atoms with Gasteiger partial charge in [0.05, 0.1) is 12.0 Å². The van der Waals surface area contributed by atoms with Crippen molar-refractivity contribution in [3.8, 4) is 0 Å². The molecule has 0 aromatic rings. The summed E-state index contributed by atoms with van der Waals surface area (Å²) < 4.78 is 5.31. The fourth-order valence-electron chi connectivity index (χ4n) is 5.08. The van der Waals surface area contributed by atoms with Crippen LogP contribution >= 0.6 is 0 Å². The largest absolute Gasteiger partial charge is 0.465 e. The lowest BCUT2D eigenvalue weighted by atomic mass is 9.97. The number of esters is 1. The molecule has 0 amide bonds. The molecule has 1 aliphatic carbocycles. The van der Waals surface area contributed by atoms with Crippen LogP contribution in [0.5, 0.6) is 0 Å². The molecule has 0 spiro atoms. The second kappa shape index (κ2) is 18.7. The van der Waals surface area contributed by atoms with Gasteiger partial charge in [0.1, 0.15) is 0 Å². The van der Waals surface area contributed by atoms with Crippen molar-refractivity contribution in [3.05, 3.63) is 0 Å². The third kappa shape index (κ3) is 16.7. The Morgan fingerprint density at radius 3 is 1.64 bits per heavy atom. The predicted octanol–water partition coefficient (Wildman–Crippen LogP) is 8.86. The van der Waals surface area contributed by atoms with Gasteiger partial charge in [-0.2, -0.15) is 0 Å². The Balaban J connectivity index is 1.70. The van der Waals surface area contributed by atoms with Crippen molar-refractivity contribution >= 4 is 5.97 Å². The molecule has 1 N–H and O–H groups in total. The highest BCUT2D eigenvalue weighted by atomic mass is 16.5. The monoisotopic (exact) mass is 466 g/mol. The molecule has 3 nitrogen and oxygen atoms in total. The SMILES string of the molecule is C[C@H](CCO)[C@H]1C[C@H]1CCCCCCCCCCCCCCCCCCOC(=O)C(C)(C)C. The third-order valence-corrected chi connectivity index (χ3v) is 7.61. The number of hydrogen-bond acceptors (Lipinski definition) is 3. The van der Waals surface area contributed by atoms with E-state index >= 15 is 0 Å². The van der Waals surface area contributed by atoms with Gasteiger partial charge < -0.3 is 9.84 Å². The molecule has 3 heteroatoms. The first-order chi connectivity index (χ1) is 15.9. The highest BCUT2D eigenvalue weighted by Gasteiger charge is 2.39. The summed E-state index contributed by atoms with van der Waals surface area (Å²) in [5, 5.41) is 9.06. The maximum Gasteiger partial charge on any atom is 0.311 e. The Labute approximate surface area is 206 Å². The van der Waals surface area contributed by atoms with Gasteiger partial charge in [0.15, 0.2) is 0 Å². The van der Waals surface area contributed by atoms with Crippen molar-refractivity contribution in [2.45, 2.75) is 150 Å². The first kappa shape index (κ1) is 30.5. The van der Waals surface area contributed by atoms with Gasteiger partial charge in [-0.1, -0.05) is 110 Å².